The second-order valence-corrected chi connectivity index (χ2v) is 5.06. The van der Waals surface area contributed by atoms with Crippen molar-refractivity contribution in [1.29, 1.82) is 0 Å². The highest BCUT2D eigenvalue weighted by molar-refractivity contribution is 5.73. The van der Waals surface area contributed by atoms with Crippen molar-refractivity contribution in [3.05, 3.63) is 35.4 Å². The van der Waals surface area contributed by atoms with E-state index in [-0.39, 0.29) is 5.91 Å². The lowest BCUT2D eigenvalue weighted by molar-refractivity contribution is -0.128. The molecule has 3 heteroatoms. The Kier molecular flexibility index (Phi) is 4.37. The Hall–Kier alpha value is -1.35. The lowest BCUT2D eigenvalue weighted by Crippen LogP contribution is -2.33. The average Bonchev–Trinajstić information content (AvgIpc) is 2.58. The average molecular weight is 246 g/mol. The highest BCUT2D eigenvalue weighted by atomic mass is 16.2. The molecule has 1 fully saturated rings. The molecule has 0 aromatic heterocycles. The molecule has 1 heterocycles. The first kappa shape index (κ1) is 13.1. The van der Waals surface area contributed by atoms with Crippen LogP contribution in [-0.2, 0) is 11.3 Å². The van der Waals surface area contributed by atoms with Gasteiger partial charge >= 0.3 is 0 Å². The largest absolute Gasteiger partial charge is 0.342 e. The van der Waals surface area contributed by atoms with E-state index in [1.54, 1.807) is 6.92 Å². The van der Waals surface area contributed by atoms with Gasteiger partial charge in [-0.05, 0) is 24.5 Å². The maximum absolute atomic E-state index is 11.4. The maximum atomic E-state index is 11.4. The van der Waals surface area contributed by atoms with Gasteiger partial charge < -0.3 is 4.90 Å². The molecule has 0 radical (unpaired) electrons. The SMILES string of the molecule is CC(=O)N1CCCN(Cc2ccccc2C)CC1. The molecule has 2 rings (SSSR count). The van der Waals surface area contributed by atoms with Crippen LogP contribution < -0.4 is 0 Å². The fraction of sp³-hybridized carbons (Fsp3) is 0.533. The van der Waals surface area contributed by atoms with E-state index in [4.69, 9.17) is 0 Å². The van der Waals surface area contributed by atoms with Crippen molar-refractivity contribution in [2.75, 3.05) is 26.2 Å². The summed E-state index contributed by atoms with van der Waals surface area (Å²) in [6, 6.07) is 8.54. The number of hydrogen-bond acceptors (Lipinski definition) is 2. The Labute approximate surface area is 109 Å². The molecule has 0 N–H and O–H groups in total. The van der Waals surface area contributed by atoms with Gasteiger partial charge in [-0.25, -0.2) is 0 Å². The van der Waals surface area contributed by atoms with Gasteiger partial charge in [-0.15, -0.1) is 0 Å². The van der Waals surface area contributed by atoms with E-state index in [9.17, 15) is 4.79 Å². The summed E-state index contributed by atoms with van der Waals surface area (Å²) in [6.07, 6.45) is 1.07. The number of carbonyl (C=O) groups excluding carboxylic acids is 1. The Balaban J connectivity index is 1.95. The van der Waals surface area contributed by atoms with E-state index >= 15 is 0 Å². The van der Waals surface area contributed by atoms with Crippen molar-refractivity contribution in [2.24, 2.45) is 0 Å². The zero-order valence-corrected chi connectivity index (χ0v) is 11.4. The molecule has 0 aliphatic carbocycles. The fourth-order valence-corrected chi connectivity index (χ4v) is 2.47. The molecule has 0 saturated carbocycles. The lowest BCUT2D eigenvalue weighted by atomic mass is 10.1. The summed E-state index contributed by atoms with van der Waals surface area (Å²) < 4.78 is 0. The monoisotopic (exact) mass is 246 g/mol. The van der Waals surface area contributed by atoms with Crippen LogP contribution in [0, 0.1) is 6.92 Å². The summed E-state index contributed by atoms with van der Waals surface area (Å²) in [6.45, 7) is 8.65. The molecule has 98 valence electrons. The van der Waals surface area contributed by atoms with Crippen molar-refractivity contribution in [3.63, 3.8) is 0 Å². The van der Waals surface area contributed by atoms with Crippen LogP contribution >= 0.6 is 0 Å². The van der Waals surface area contributed by atoms with Crippen LogP contribution in [0.25, 0.3) is 0 Å². The summed E-state index contributed by atoms with van der Waals surface area (Å²) in [5.74, 6) is 0.202. The standard InChI is InChI=1S/C15H22N2O/c1-13-6-3-4-7-15(13)12-16-8-5-9-17(11-10-16)14(2)18/h3-4,6-7H,5,8-12H2,1-2H3. The van der Waals surface area contributed by atoms with E-state index in [1.165, 1.54) is 11.1 Å². The summed E-state index contributed by atoms with van der Waals surface area (Å²) in [7, 11) is 0. The zero-order valence-electron chi connectivity index (χ0n) is 11.4. The van der Waals surface area contributed by atoms with E-state index in [2.05, 4.69) is 36.1 Å². The number of hydrogen-bond donors (Lipinski definition) is 0. The lowest BCUT2D eigenvalue weighted by Gasteiger charge is -2.21. The number of carbonyl (C=O) groups is 1. The van der Waals surface area contributed by atoms with Crippen LogP contribution in [0.2, 0.25) is 0 Å². The van der Waals surface area contributed by atoms with Gasteiger partial charge in [0.1, 0.15) is 0 Å². The third-order valence-corrected chi connectivity index (χ3v) is 3.69. The molecule has 1 aliphatic rings. The minimum Gasteiger partial charge on any atom is -0.342 e. The van der Waals surface area contributed by atoms with Gasteiger partial charge in [-0.2, -0.15) is 0 Å². The Bertz CT molecular complexity index is 417. The summed E-state index contributed by atoms with van der Waals surface area (Å²) in [4.78, 5) is 15.8. The van der Waals surface area contributed by atoms with Gasteiger partial charge in [-0.3, -0.25) is 9.69 Å². The second-order valence-electron chi connectivity index (χ2n) is 5.06. The van der Waals surface area contributed by atoms with Gasteiger partial charge in [-0.1, -0.05) is 24.3 Å². The fourth-order valence-electron chi connectivity index (χ4n) is 2.47. The van der Waals surface area contributed by atoms with Crippen LogP contribution in [0.3, 0.4) is 0 Å². The van der Waals surface area contributed by atoms with Gasteiger partial charge in [0.05, 0.1) is 0 Å². The van der Waals surface area contributed by atoms with Gasteiger partial charge in [0, 0.05) is 39.6 Å². The van der Waals surface area contributed by atoms with Crippen molar-refractivity contribution in [1.82, 2.24) is 9.80 Å². The Morgan fingerprint density at radius 3 is 2.67 bits per heavy atom. The quantitative estimate of drug-likeness (QED) is 0.797. The van der Waals surface area contributed by atoms with Crippen LogP contribution in [0.1, 0.15) is 24.5 Å². The molecule has 1 aromatic rings. The topological polar surface area (TPSA) is 23.6 Å². The molecular weight excluding hydrogens is 224 g/mol. The minimum atomic E-state index is 0.202. The van der Waals surface area contributed by atoms with Crippen molar-refractivity contribution >= 4 is 5.91 Å². The molecule has 1 aromatic carbocycles. The summed E-state index contributed by atoms with van der Waals surface area (Å²) in [5.41, 5.74) is 2.75. The minimum absolute atomic E-state index is 0.202. The molecule has 0 unspecified atom stereocenters. The predicted octanol–water partition coefficient (Wildman–Crippen LogP) is 2.05. The third kappa shape index (κ3) is 3.33. The van der Waals surface area contributed by atoms with Crippen LogP contribution in [0.15, 0.2) is 24.3 Å². The molecule has 0 atom stereocenters. The first-order valence-electron chi connectivity index (χ1n) is 6.69. The Morgan fingerprint density at radius 2 is 1.94 bits per heavy atom. The molecule has 0 spiro atoms. The van der Waals surface area contributed by atoms with Crippen molar-refractivity contribution < 1.29 is 4.79 Å². The number of nitrogens with zero attached hydrogens (tertiary/aromatic N) is 2. The van der Waals surface area contributed by atoms with E-state index in [1.807, 2.05) is 4.90 Å². The highest BCUT2D eigenvalue weighted by Gasteiger charge is 2.16. The molecule has 3 nitrogen and oxygen atoms in total. The maximum Gasteiger partial charge on any atom is 0.219 e. The second kappa shape index (κ2) is 6.01. The molecule has 18 heavy (non-hydrogen) atoms. The van der Waals surface area contributed by atoms with E-state index in [0.29, 0.717) is 0 Å². The molecule has 1 amide bonds. The van der Waals surface area contributed by atoms with E-state index in [0.717, 1.165) is 39.1 Å². The van der Waals surface area contributed by atoms with Crippen LogP contribution in [0.4, 0.5) is 0 Å². The number of benzene rings is 1. The van der Waals surface area contributed by atoms with Crippen molar-refractivity contribution in [2.45, 2.75) is 26.8 Å². The number of amides is 1. The number of aryl methyl sites for hydroxylation is 1. The third-order valence-electron chi connectivity index (χ3n) is 3.69. The first-order chi connectivity index (χ1) is 8.66. The molecule has 1 saturated heterocycles. The first-order valence-corrected chi connectivity index (χ1v) is 6.69. The van der Waals surface area contributed by atoms with Crippen molar-refractivity contribution in [3.8, 4) is 0 Å². The van der Waals surface area contributed by atoms with Gasteiger partial charge in [0.25, 0.3) is 0 Å². The normalized spacial score (nSPS) is 17.6. The Morgan fingerprint density at radius 1 is 1.17 bits per heavy atom. The van der Waals surface area contributed by atoms with Crippen LogP contribution in [0.5, 0.6) is 0 Å². The summed E-state index contributed by atoms with van der Waals surface area (Å²) in [5, 5.41) is 0. The van der Waals surface area contributed by atoms with Gasteiger partial charge in [0.2, 0.25) is 5.91 Å². The highest BCUT2D eigenvalue weighted by Crippen LogP contribution is 2.12. The molecular formula is C15H22N2O. The molecule has 1 aliphatic heterocycles. The van der Waals surface area contributed by atoms with Crippen LogP contribution in [-0.4, -0.2) is 41.9 Å². The predicted molar refractivity (Wildman–Crippen MR) is 73.3 cm³/mol. The smallest absolute Gasteiger partial charge is 0.219 e. The van der Waals surface area contributed by atoms with Gasteiger partial charge in [0.15, 0.2) is 0 Å². The summed E-state index contributed by atoms with van der Waals surface area (Å²) >= 11 is 0. The zero-order chi connectivity index (χ0) is 13.0. The molecule has 0 bridgehead atoms. The number of rotatable bonds is 2. The van der Waals surface area contributed by atoms with E-state index < -0.39 is 0 Å².